The molecule has 7 atom stereocenters. The van der Waals surface area contributed by atoms with Crippen LogP contribution in [0.25, 0.3) is 0 Å². The van der Waals surface area contributed by atoms with E-state index in [1.54, 1.807) is 6.08 Å². The van der Waals surface area contributed by atoms with Gasteiger partial charge in [-0.05, 0) is 19.3 Å². The van der Waals surface area contributed by atoms with Gasteiger partial charge in [-0.3, -0.25) is 4.79 Å². The van der Waals surface area contributed by atoms with Crippen LogP contribution in [-0.2, 0) is 14.3 Å². The summed E-state index contributed by atoms with van der Waals surface area (Å²) < 4.78 is 11.2. The number of rotatable bonds is 39. The van der Waals surface area contributed by atoms with Crippen molar-refractivity contribution in [3.8, 4) is 0 Å². The van der Waals surface area contributed by atoms with Crippen LogP contribution in [0.3, 0.4) is 0 Å². The first-order valence-corrected chi connectivity index (χ1v) is 23.4. The number of amides is 1. The number of allylic oxidation sites excluding steroid dienone is 1. The maximum absolute atomic E-state index is 12.9. The molecule has 1 saturated heterocycles. The predicted octanol–water partition coefficient (Wildman–Crippen LogP) is 9.73. The fraction of sp³-hybridized carbons (Fsp3) is 0.935. The third kappa shape index (κ3) is 28.1. The monoisotopic (exact) mass is 784 g/mol. The summed E-state index contributed by atoms with van der Waals surface area (Å²) in [6.45, 7) is 3.77. The molecule has 1 aliphatic rings. The summed E-state index contributed by atoms with van der Waals surface area (Å²) in [5.74, 6) is -0.174. The van der Waals surface area contributed by atoms with E-state index in [1.165, 1.54) is 161 Å². The zero-order valence-corrected chi connectivity index (χ0v) is 35.7. The number of carbonyl (C=O) groups excluding carboxylic acids is 1. The molecule has 326 valence electrons. The molecule has 1 fully saturated rings. The number of unbranched alkanes of at least 4 members (excludes halogenated alkanes) is 29. The van der Waals surface area contributed by atoms with Gasteiger partial charge in [0.1, 0.15) is 24.4 Å². The molecule has 0 bridgehead atoms. The maximum Gasteiger partial charge on any atom is 0.220 e. The molecule has 9 nitrogen and oxygen atoms in total. The summed E-state index contributed by atoms with van der Waals surface area (Å²) in [5, 5.41) is 54.1. The lowest BCUT2D eigenvalue weighted by Crippen LogP contribution is -2.60. The van der Waals surface area contributed by atoms with Gasteiger partial charge in [0.05, 0.1) is 25.4 Å². The lowest BCUT2D eigenvalue weighted by Gasteiger charge is -2.40. The molecule has 7 unspecified atom stereocenters. The highest BCUT2D eigenvalue weighted by molar-refractivity contribution is 5.76. The van der Waals surface area contributed by atoms with Gasteiger partial charge in [-0.15, -0.1) is 0 Å². The average Bonchev–Trinajstić information content (AvgIpc) is 3.18. The van der Waals surface area contributed by atoms with E-state index in [4.69, 9.17) is 9.47 Å². The first-order valence-electron chi connectivity index (χ1n) is 23.4. The Balaban J connectivity index is 2.27. The van der Waals surface area contributed by atoms with E-state index in [2.05, 4.69) is 19.2 Å². The number of hydrogen-bond donors (Lipinski definition) is 6. The molecule has 0 saturated carbocycles. The van der Waals surface area contributed by atoms with Crippen LogP contribution in [0.15, 0.2) is 12.2 Å². The Morgan fingerprint density at radius 1 is 0.600 bits per heavy atom. The molecule has 55 heavy (non-hydrogen) atoms. The van der Waals surface area contributed by atoms with Crippen LogP contribution in [-0.4, -0.2) is 87.5 Å². The zero-order chi connectivity index (χ0) is 40.2. The average molecular weight is 784 g/mol. The Labute approximate surface area is 337 Å². The minimum atomic E-state index is -1.56. The highest BCUT2D eigenvalue weighted by Crippen LogP contribution is 2.23. The van der Waals surface area contributed by atoms with Crippen LogP contribution in [0.5, 0.6) is 0 Å². The molecule has 0 aromatic heterocycles. The summed E-state index contributed by atoms with van der Waals surface area (Å²) >= 11 is 0. The third-order valence-electron chi connectivity index (χ3n) is 11.4. The van der Waals surface area contributed by atoms with Gasteiger partial charge in [0, 0.05) is 6.42 Å². The molecule has 6 N–H and O–H groups in total. The number of aliphatic hydroxyl groups excluding tert-OH is 5. The lowest BCUT2D eigenvalue weighted by molar-refractivity contribution is -0.302. The Kier molecular flexibility index (Phi) is 35.2. The molecule has 0 radical (unpaired) electrons. The molecular weight excluding hydrogens is 695 g/mol. The van der Waals surface area contributed by atoms with Crippen LogP contribution >= 0.6 is 0 Å². The topological polar surface area (TPSA) is 149 Å². The molecule has 0 spiro atoms. The van der Waals surface area contributed by atoms with Gasteiger partial charge in [-0.25, -0.2) is 0 Å². The summed E-state index contributed by atoms with van der Waals surface area (Å²) in [4.78, 5) is 12.9. The minimum absolute atomic E-state index is 0.174. The Morgan fingerprint density at radius 3 is 1.42 bits per heavy atom. The summed E-state index contributed by atoms with van der Waals surface area (Å²) in [5.41, 5.74) is 0. The van der Waals surface area contributed by atoms with Crippen LogP contribution in [0.1, 0.15) is 219 Å². The standard InChI is InChI=1S/C46H89NO8/c1-3-5-7-9-11-13-15-16-17-18-19-20-21-22-23-24-26-28-30-32-34-36-42(50)47-39(38-54-46-45(53)44(52)43(51)41(37-48)55-46)40(49)35-33-31-29-27-25-14-12-10-8-6-4-2/h33,35,39-41,43-46,48-49,51-53H,3-32,34,36-38H2,1-2H3,(H,47,50)/b35-33+. The van der Waals surface area contributed by atoms with Crippen molar-refractivity contribution < 1.29 is 39.8 Å². The van der Waals surface area contributed by atoms with Crippen molar-refractivity contribution in [3.05, 3.63) is 12.2 Å². The molecule has 9 heteroatoms. The second-order valence-corrected chi connectivity index (χ2v) is 16.6. The Bertz CT molecular complexity index is 873. The molecule has 1 aliphatic heterocycles. The first-order chi connectivity index (χ1) is 26.8. The summed E-state index contributed by atoms with van der Waals surface area (Å²) in [6, 6.07) is -0.797. The first kappa shape index (κ1) is 51.9. The fourth-order valence-electron chi connectivity index (χ4n) is 7.57. The second kappa shape index (κ2) is 37.2. The molecular formula is C46H89NO8. The van der Waals surface area contributed by atoms with Gasteiger partial charge in [-0.1, -0.05) is 206 Å². The molecule has 1 heterocycles. The van der Waals surface area contributed by atoms with Gasteiger partial charge in [0.25, 0.3) is 0 Å². The summed E-state index contributed by atoms with van der Waals surface area (Å²) in [6.07, 6.45) is 35.5. The van der Waals surface area contributed by atoms with Gasteiger partial charge < -0.3 is 40.3 Å². The molecule has 0 aromatic carbocycles. The molecule has 0 aliphatic carbocycles. The van der Waals surface area contributed by atoms with Crippen molar-refractivity contribution in [1.29, 1.82) is 0 Å². The number of aliphatic hydroxyl groups is 5. The van der Waals surface area contributed by atoms with Gasteiger partial charge in [0.15, 0.2) is 6.29 Å². The molecule has 1 amide bonds. The number of nitrogens with one attached hydrogen (secondary N) is 1. The van der Waals surface area contributed by atoms with Crippen molar-refractivity contribution in [2.45, 2.75) is 262 Å². The van der Waals surface area contributed by atoms with E-state index in [1.807, 2.05) is 6.08 Å². The van der Waals surface area contributed by atoms with Crippen LogP contribution in [0.4, 0.5) is 0 Å². The minimum Gasteiger partial charge on any atom is -0.394 e. The smallest absolute Gasteiger partial charge is 0.220 e. The van der Waals surface area contributed by atoms with Gasteiger partial charge in [0.2, 0.25) is 5.91 Å². The Hall–Kier alpha value is -1.07. The fourth-order valence-corrected chi connectivity index (χ4v) is 7.57. The highest BCUT2D eigenvalue weighted by Gasteiger charge is 2.44. The van der Waals surface area contributed by atoms with E-state index in [-0.39, 0.29) is 12.5 Å². The van der Waals surface area contributed by atoms with Crippen LogP contribution in [0.2, 0.25) is 0 Å². The number of carbonyl (C=O) groups is 1. The molecule has 0 aromatic rings. The van der Waals surface area contributed by atoms with Gasteiger partial charge >= 0.3 is 0 Å². The van der Waals surface area contributed by atoms with E-state index in [0.717, 1.165) is 38.5 Å². The predicted molar refractivity (Wildman–Crippen MR) is 226 cm³/mol. The van der Waals surface area contributed by atoms with E-state index in [9.17, 15) is 30.3 Å². The highest BCUT2D eigenvalue weighted by atomic mass is 16.7. The lowest BCUT2D eigenvalue weighted by atomic mass is 9.99. The van der Waals surface area contributed by atoms with E-state index < -0.39 is 49.5 Å². The van der Waals surface area contributed by atoms with Crippen LogP contribution in [0, 0.1) is 0 Å². The quantitative estimate of drug-likeness (QED) is 0.0267. The van der Waals surface area contributed by atoms with Crippen molar-refractivity contribution in [2.75, 3.05) is 13.2 Å². The normalized spacial score (nSPS) is 21.3. The largest absolute Gasteiger partial charge is 0.394 e. The summed E-state index contributed by atoms with van der Waals surface area (Å²) in [7, 11) is 0. The SMILES string of the molecule is CCCCCCCCCCC/C=C/C(O)C(COC1OC(CO)C(O)C(O)C1O)NC(=O)CCCCCCCCCCCCCCCCCCCCCCC. The van der Waals surface area contributed by atoms with E-state index >= 15 is 0 Å². The van der Waals surface area contributed by atoms with E-state index in [0.29, 0.717) is 6.42 Å². The van der Waals surface area contributed by atoms with Crippen molar-refractivity contribution in [3.63, 3.8) is 0 Å². The van der Waals surface area contributed by atoms with Gasteiger partial charge in [-0.2, -0.15) is 0 Å². The van der Waals surface area contributed by atoms with Crippen molar-refractivity contribution in [1.82, 2.24) is 5.32 Å². The number of hydrogen-bond acceptors (Lipinski definition) is 8. The number of ether oxygens (including phenoxy) is 2. The second-order valence-electron chi connectivity index (χ2n) is 16.6. The Morgan fingerprint density at radius 2 is 1.00 bits per heavy atom. The zero-order valence-electron chi connectivity index (χ0n) is 35.7. The maximum atomic E-state index is 12.9. The van der Waals surface area contributed by atoms with Crippen molar-refractivity contribution >= 4 is 5.91 Å². The third-order valence-corrected chi connectivity index (χ3v) is 11.4. The van der Waals surface area contributed by atoms with Crippen LogP contribution < -0.4 is 5.32 Å². The molecule has 1 rings (SSSR count). The van der Waals surface area contributed by atoms with Crippen molar-refractivity contribution in [2.24, 2.45) is 0 Å².